The van der Waals surface area contributed by atoms with Crippen LogP contribution in [0.5, 0.6) is 0 Å². The average Bonchev–Trinajstić information content (AvgIpc) is 3.38. The lowest BCUT2D eigenvalue weighted by molar-refractivity contribution is -0.119. The van der Waals surface area contributed by atoms with Crippen molar-refractivity contribution in [1.82, 2.24) is 24.9 Å². The van der Waals surface area contributed by atoms with Gasteiger partial charge in [-0.15, -0.1) is 21.5 Å². The van der Waals surface area contributed by atoms with Crippen molar-refractivity contribution >= 4 is 56.6 Å². The normalized spacial score (nSPS) is 14.6. The molecule has 32 heavy (non-hydrogen) atoms. The number of nitrogens with zero attached hydrogens (tertiary/aromatic N) is 4. The summed E-state index contributed by atoms with van der Waals surface area (Å²) in [7, 11) is 0. The predicted molar refractivity (Wildman–Crippen MR) is 133 cm³/mol. The molecule has 0 bridgehead atoms. The molecule has 1 aromatic carbocycles. The summed E-state index contributed by atoms with van der Waals surface area (Å²) < 4.78 is 2.03. The van der Waals surface area contributed by atoms with Crippen molar-refractivity contribution in [3.63, 3.8) is 0 Å². The van der Waals surface area contributed by atoms with Gasteiger partial charge in [0.15, 0.2) is 16.0 Å². The Labute approximate surface area is 199 Å². The number of carbonyl (C=O) groups is 1. The first-order valence-electron chi connectivity index (χ1n) is 10.8. The van der Waals surface area contributed by atoms with Gasteiger partial charge in [-0.05, 0) is 56.4 Å². The molecule has 0 unspecified atom stereocenters. The SMILES string of the molecule is CSc1nc2sc3c(c2c2nnc(SCC(=O)N[C@@H](C)Cc4ccccc4)n12)CCCC3. The van der Waals surface area contributed by atoms with Gasteiger partial charge in [0, 0.05) is 10.9 Å². The number of fused-ring (bicyclic) bond motifs is 5. The van der Waals surface area contributed by atoms with Crippen molar-refractivity contribution in [2.75, 3.05) is 12.0 Å². The largest absolute Gasteiger partial charge is 0.353 e. The van der Waals surface area contributed by atoms with Crippen LogP contribution in [-0.4, -0.2) is 43.5 Å². The van der Waals surface area contributed by atoms with E-state index in [0.717, 1.165) is 45.4 Å². The van der Waals surface area contributed by atoms with E-state index in [2.05, 4.69) is 27.6 Å². The van der Waals surface area contributed by atoms with Gasteiger partial charge in [-0.25, -0.2) is 9.38 Å². The van der Waals surface area contributed by atoms with Crippen molar-refractivity contribution < 1.29 is 4.79 Å². The third-order valence-electron chi connectivity index (χ3n) is 5.71. The van der Waals surface area contributed by atoms with E-state index in [-0.39, 0.29) is 11.9 Å². The van der Waals surface area contributed by atoms with Crippen molar-refractivity contribution in [3.05, 3.63) is 46.3 Å². The van der Waals surface area contributed by atoms with Crippen LogP contribution in [0.15, 0.2) is 40.6 Å². The minimum Gasteiger partial charge on any atom is -0.353 e. The Bertz CT molecular complexity index is 1270. The molecule has 1 amide bonds. The molecule has 0 saturated heterocycles. The van der Waals surface area contributed by atoms with Gasteiger partial charge in [0.25, 0.3) is 0 Å². The van der Waals surface area contributed by atoms with Crippen LogP contribution in [0.3, 0.4) is 0 Å². The topological polar surface area (TPSA) is 72.2 Å². The van der Waals surface area contributed by atoms with E-state index < -0.39 is 0 Å². The van der Waals surface area contributed by atoms with Gasteiger partial charge in [0.05, 0.1) is 11.1 Å². The standard InChI is InChI=1S/C23H25N5OS3/c1-14(12-15-8-4-3-5-9-15)24-18(29)13-31-23-27-26-20-19-16-10-6-7-11-17(16)32-21(19)25-22(30-2)28(20)23/h3-5,8-9,14H,6-7,10-13H2,1-2H3,(H,24,29)/t14-/m0/s1. The Hall–Kier alpha value is -2.10. The van der Waals surface area contributed by atoms with E-state index >= 15 is 0 Å². The molecule has 0 fully saturated rings. The second-order valence-electron chi connectivity index (χ2n) is 8.08. The van der Waals surface area contributed by atoms with Gasteiger partial charge >= 0.3 is 0 Å². The molecular formula is C23H25N5OS3. The number of thiophene rings is 1. The van der Waals surface area contributed by atoms with Crippen molar-refractivity contribution in [2.45, 2.75) is 55.4 Å². The highest BCUT2D eigenvalue weighted by Crippen LogP contribution is 2.39. The van der Waals surface area contributed by atoms with E-state index in [1.807, 2.05) is 35.8 Å². The Morgan fingerprint density at radius 3 is 2.81 bits per heavy atom. The fourth-order valence-corrected chi connectivity index (χ4v) is 6.95. The fraction of sp³-hybridized carbons (Fsp3) is 0.391. The van der Waals surface area contributed by atoms with Crippen LogP contribution in [0.1, 0.15) is 35.8 Å². The van der Waals surface area contributed by atoms with E-state index in [0.29, 0.717) is 5.75 Å². The molecule has 5 rings (SSSR count). The number of hydrogen-bond acceptors (Lipinski definition) is 7. The number of hydrogen-bond donors (Lipinski definition) is 1. The van der Waals surface area contributed by atoms with Gasteiger partial charge in [-0.1, -0.05) is 53.9 Å². The lowest BCUT2D eigenvalue weighted by Crippen LogP contribution is -2.35. The maximum atomic E-state index is 12.6. The summed E-state index contributed by atoms with van der Waals surface area (Å²) in [4.78, 5) is 20.0. The number of aromatic nitrogens is 4. The van der Waals surface area contributed by atoms with Gasteiger partial charge in [0.1, 0.15) is 4.83 Å². The number of amides is 1. The molecule has 6 nitrogen and oxygen atoms in total. The van der Waals surface area contributed by atoms with Crippen LogP contribution < -0.4 is 5.32 Å². The minimum atomic E-state index is 0.00262. The molecule has 3 heterocycles. The number of rotatable bonds is 7. The first kappa shape index (κ1) is 21.7. The van der Waals surface area contributed by atoms with E-state index in [1.54, 1.807) is 23.1 Å². The third-order valence-corrected chi connectivity index (χ3v) is 8.46. The monoisotopic (exact) mass is 483 g/mol. The number of thioether (sulfide) groups is 2. The molecule has 1 N–H and O–H groups in total. The maximum Gasteiger partial charge on any atom is 0.230 e. The molecule has 0 saturated carbocycles. The average molecular weight is 484 g/mol. The Kier molecular flexibility index (Phi) is 6.39. The highest BCUT2D eigenvalue weighted by atomic mass is 32.2. The number of benzene rings is 1. The summed E-state index contributed by atoms with van der Waals surface area (Å²) in [5.74, 6) is 0.302. The van der Waals surface area contributed by atoms with Gasteiger partial charge in [-0.3, -0.25) is 4.79 Å². The number of aryl methyl sites for hydroxylation is 2. The molecule has 1 atom stereocenters. The second-order valence-corrected chi connectivity index (χ2v) is 10.9. The summed E-state index contributed by atoms with van der Waals surface area (Å²) in [5.41, 5.74) is 3.49. The van der Waals surface area contributed by atoms with Gasteiger partial charge in [-0.2, -0.15) is 0 Å². The molecule has 0 aliphatic heterocycles. The summed E-state index contributed by atoms with van der Waals surface area (Å²) in [6.45, 7) is 2.04. The maximum absolute atomic E-state index is 12.6. The van der Waals surface area contributed by atoms with Crippen molar-refractivity contribution in [2.24, 2.45) is 0 Å². The first-order valence-corrected chi connectivity index (χ1v) is 13.9. The highest BCUT2D eigenvalue weighted by molar-refractivity contribution is 8.00. The van der Waals surface area contributed by atoms with Crippen LogP contribution >= 0.6 is 34.9 Å². The van der Waals surface area contributed by atoms with Crippen LogP contribution in [0, 0.1) is 0 Å². The van der Waals surface area contributed by atoms with Crippen molar-refractivity contribution in [1.29, 1.82) is 0 Å². The zero-order chi connectivity index (χ0) is 22.1. The summed E-state index contributed by atoms with van der Waals surface area (Å²) in [6.07, 6.45) is 7.51. The minimum absolute atomic E-state index is 0.00262. The molecule has 166 valence electrons. The third kappa shape index (κ3) is 4.25. The second kappa shape index (κ2) is 9.41. The summed E-state index contributed by atoms with van der Waals surface area (Å²) in [5, 5.41) is 14.8. The van der Waals surface area contributed by atoms with Crippen LogP contribution in [-0.2, 0) is 24.1 Å². The van der Waals surface area contributed by atoms with E-state index in [4.69, 9.17) is 4.98 Å². The zero-order valence-corrected chi connectivity index (χ0v) is 20.6. The zero-order valence-electron chi connectivity index (χ0n) is 18.1. The van der Waals surface area contributed by atoms with E-state index in [1.165, 1.54) is 40.6 Å². The predicted octanol–water partition coefficient (Wildman–Crippen LogP) is 4.78. The van der Waals surface area contributed by atoms with Crippen LogP contribution in [0.4, 0.5) is 0 Å². The van der Waals surface area contributed by atoms with E-state index in [9.17, 15) is 4.79 Å². The smallest absolute Gasteiger partial charge is 0.230 e. The lowest BCUT2D eigenvalue weighted by Gasteiger charge is -2.13. The Balaban J connectivity index is 1.35. The molecule has 0 spiro atoms. The summed E-state index contributed by atoms with van der Waals surface area (Å²) >= 11 is 4.81. The highest BCUT2D eigenvalue weighted by Gasteiger charge is 2.23. The molecule has 1 aliphatic carbocycles. The Morgan fingerprint density at radius 2 is 2.00 bits per heavy atom. The number of carbonyl (C=O) groups excluding carboxylic acids is 1. The van der Waals surface area contributed by atoms with Crippen molar-refractivity contribution in [3.8, 4) is 0 Å². The molecule has 1 aliphatic rings. The quantitative estimate of drug-likeness (QED) is 0.301. The van der Waals surface area contributed by atoms with Crippen LogP contribution in [0.2, 0.25) is 0 Å². The molecule has 3 aromatic heterocycles. The lowest BCUT2D eigenvalue weighted by atomic mass is 9.97. The fourth-order valence-electron chi connectivity index (χ4n) is 4.30. The molecule has 0 radical (unpaired) electrons. The molecule has 9 heteroatoms. The molecular weight excluding hydrogens is 458 g/mol. The van der Waals surface area contributed by atoms with Crippen LogP contribution in [0.25, 0.3) is 15.9 Å². The number of nitrogens with one attached hydrogen (secondary N) is 1. The van der Waals surface area contributed by atoms with Gasteiger partial charge < -0.3 is 5.32 Å². The van der Waals surface area contributed by atoms with Gasteiger partial charge in [0.2, 0.25) is 5.91 Å². The molecule has 4 aromatic rings. The Morgan fingerprint density at radius 1 is 1.19 bits per heavy atom. The first-order chi connectivity index (χ1) is 15.6. The summed E-state index contributed by atoms with van der Waals surface area (Å²) in [6, 6.07) is 10.3.